The van der Waals surface area contributed by atoms with Crippen LogP contribution >= 0.6 is 11.6 Å². The average molecular weight is 307 g/mol. The summed E-state index contributed by atoms with van der Waals surface area (Å²) in [6, 6.07) is 12.0. The van der Waals surface area contributed by atoms with E-state index in [1.54, 1.807) is 0 Å². The van der Waals surface area contributed by atoms with Crippen LogP contribution in [-0.4, -0.2) is 18.0 Å². The molecule has 1 aromatic heterocycles. The van der Waals surface area contributed by atoms with E-state index < -0.39 is 0 Å². The standard InChI is InChI=1S/C17H23ClN2O/c1-4-15(19)17(16-10-5-12(2)21-16)20(3)11-13-6-8-14(18)9-7-13/h5-10,15,17H,4,11,19H2,1-3H3. The summed E-state index contributed by atoms with van der Waals surface area (Å²) in [6.45, 7) is 4.86. The maximum absolute atomic E-state index is 6.31. The molecule has 0 saturated heterocycles. The Kier molecular flexibility index (Phi) is 5.45. The molecule has 4 heteroatoms. The molecule has 2 unspecified atom stereocenters. The second kappa shape index (κ2) is 7.12. The van der Waals surface area contributed by atoms with Crippen molar-refractivity contribution in [2.75, 3.05) is 7.05 Å². The summed E-state index contributed by atoms with van der Waals surface area (Å²) < 4.78 is 5.80. The quantitative estimate of drug-likeness (QED) is 0.871. The molecule has 0 aliphatic heterocycles. The van der Waals surface area contributed by atoms with Gasteiger partial charge in [-0.1, -0.05) is 30.7 Å². The summed E-state index contributed by atoms with van der Waals surface area (Å²) in [5.74, 6) is 1.84. The van der Waals surface area contributed by atoms with Gasteiger partial charge in [0.15, 0.2) is 0 Å². The zero-order chi connectivity index (χ0) is 15.4. The Morgan fingerprint density at radius 3 is 2.38 bits per heavy atom. The number of aryl methyl sites for hydroxylation is 1. The smallest absolute Gasteiger partial charge is 0.122 e. The third kappa shape index (κ3) is 4.10. The fourth-order valence-electron chi connectivity index (χ4n) is 2.57. The van der Waals surface area contributed by atoms with Gasteiger partial charge in [-0.15, -0.1) is 0 Å². The van der Waals surface area contributed by atoms with E-state index in [4.69, 9.17) is 21.8 Å². The van der Waals surface area contributed by atoms with Gasteiger partial charge in [-0.2, -0.15) is 0 Å². The van der Waals surface area contributed by atoms with Crippen LogP contribution in [0, 0.1) is 6.92 Å². The molecular weight excluding hydrogens is 284 g/mol. The Balaban J connectivity index is 2.18. The van der Waals surface area contributed by atoms with Crippen molar-refractivity contribution in [3.63, 3.8) is 0 Å². The van der Waals surface area contributed by atoms with Gasteiger partial charge >= 0.3 is 0 Å². The van der Waals surface area contributed by atoms with Crippen LogP contribution < -0.4 is 5.73 Å². The fraction of sp³-hybridized carbons (Fsp3) is 0.412. The van der Waals surface area contributed by atoms with Gasteiger partial charge in [0.2, 0.25) is 0 Å². The Bertz CT molecular complexity index is 564. The number of likely N-dealkylation sites (N-methyl/N-ethyl adjacent to an activating group) is 1. The number of hydrogen-bond donors (Lipinski definition) is 1. The topological polar surface area (TPSA) is 42.4 Å². The molecule has 21 heavy (non-hydrogen) atoms. The number of benzene rings is 1. The molecule has 2 atom stereocenters. The lowest BCUT2D eigenvalue weighted by Crippen LogP contribution is -2.38. The average Bonchev–Trinajstić information content (AvgIpc) is 2.87. The fourth-order valence-corrected chi connectivity index (χ4v) is 2.69. The van der Waals surface area contributed by atoms with E-state index in [0.29, 0.717) is 0 Å². The largest absolute Gasteiger partial charge is 0.465 e. The predicted molar refractivity (Wildman–Crippen MR) is 87.4 cm³/mol. The number of halogens is 1. The van der Waals surface area contributed by atoms with E-state index in [-0.39, 0.29) is 12.1 Å². The summed E-state index contributed by atoms with van der Waals surface area (Å²) in [5, 5.41) is 0.755. The second-order valence-electron chi connectivity index (χ2n) is 5.51. The highest BCUT2D eigenvalue weighted by atomic mass is 35.5. The number of rotatable bonds is 6. The van der Waals surface area contributed by atoms with E-state index in [9.17, 15) is 0 Å². The molecule has 0 aliphatic rings. The van der Waals surface area contributed by atoms with Gasteiger partial charge in [-0.05, 0) is 50.2 Å². The highest BCUT2D eigenvalue weighted by Gasteiger charge is 2.26. The minimum absolute atomic E-state index is 0.0350. The van der Waals surface area contributed by atoms with Crippen LogP contribution in [-0.2, 0) is 6.54 Å². The lowest BCUT2D eigenvalue weighted by molar-refractivity contribution is 0.174. The minimum atomic E-state index is 0.0350. The van der Waals surface area contributed by atoms with Crippen LogP contribution in [0.3, 0.4) is 0 Å². The molecule has 3 nitrogen and oxygen atoms in total. The maximum atomic E-state index is 6.31. The highest BCUT2D eigenvalue weighted by Crippen LogP contribution is 2.27. The molecule has 0 spiro atoms. The van der Waals surface area contributed by atoms with Crippen molar-refractivity contribution in [2.45, 2.75) is 38.9 Å². The summed E-state index contributed by atoms with van der Waals surface area (Å²) in [4.78, 5) is 2.23. The van der Waals surface area contributed by atoms with Crippen LogP contribution in [0.15, 0.2) is 40.8 Å². The van der Waals surface area contributed by atoms with Crippen molar-refractivity contribution in [2.24, 2.45) is 5.73 Å². The summed E-state index contributed by atoms with van der Waals surface area (Å²) in [7, 11) is 2.08. The summed E-state index contributed by atoms with van der Waals surface area (Å²) in [5.41, 5.74) is 7.52. The van der Waals surface area contributed by atoms with E-state index in [0.717, 1.165) is 29.5 Å². The van der Waals surface area contributed by atoms with Gasteiger partial charge in [0.1, 0.15) is 11.5 Å². The molecule has 0 bridgehead atoms. The molecule has 1 heterocycles. The van der Waals surface area contributed by atoms with Crippen LogP contribution in [0.4, 0.5) is 0 Å². The third-order valence-corrected chi connectivity index (χ3v) is 4.00. The van der Waals surface area contributed by atoms with E-state index in [2.05, 4.69) is 18.9 Å². The van der Waals surface area contributed by atoms with E-state index >= 15 is 0 Å². The summed E-state index contributed by atoms with van der Waals surface area (Å²) in [6.07, 6.45) is 0.898. The van der Waals surface area contributed by atoms with Crippen molar-refractivity contribution < 1.29 is 4.42 Å². The number of furan rings is 1. The Morgan fingerprint density at radius 1 is 1.19 bits per heavy atom. The van der Waals surface area contributed by atoms with Crippen LogP contribution in [0.25, 0.3) is 0 Å². The zero-order valence-corrected chi connectivity index (χ0v) is 13.6. The molecule has 0 aliphatic carbocycles. The van der Waals surface area contributed by atoms with Gasteiger partial charge in [0.05, 0.1) is 6.04 Å². The second-order valence-corrected chi connectivity index (χ2v) is 5.94. The molecule has 0 radical (unpaired) electrons. The molecule has 114 valence electrons. The number of hydrogen-bond acceptors (Lipinski definition) is 3. The van der Waals surface area contributed by atoms with Crippen LogP contribution in [0.1, 0.15) is 36.5 Å². The molecule has 2 aromatic rings. The Morgan fingerprint density at radius 2 is 1.86 bits per heavy atom. The zero-order valence-electron chi connectivity index (χ0n) is 12.8. The maximum Gasteiger partial charge on any atom is 0.122 e. The Hall–Kier alpha value is -1.29. The lowest BCUT2D eigenvalue weighted by atomic mass is 10.0. The molecule has 2 rings (SSSR count). The predicted octanol–water partition coefficient (Wildman–Crippen LogP) is 4.15. The first-order valence-corrected chi connectivity index (χ1v) is 7.65. The number of nitrogens with two attached hydrogens (primary N) is 1. The monoisotopic (exact) mass is 306 g/mol. The van der Waals surface area contributed by atoms with E-state index in [1.807, 2.05) is 43.3 Å². The van der Waals surface area contributed by atoms with Crippen molar-refractivity contribution >= 4 is 11.6 Å². The lowest BCUT2D eigenvalue weighted by Gasteiger charge is -2.31. The van der Waals surface area contributed by atoms with Gasteiger partial charge in [-0.25, -0.2) is 0 Å². The van der Waals surface area contributed by atoms with Crippen molar-refractivity contribution in [3.8, 4) is 0 Å². The van der Waals surface area contributed by atoms with E-state index in [1.165, 1.54) is 5.56 Å². The van der Waals surface area contributed by atoms with Gasteiger partial charge in [-0.3, -0.25) is 4.90 Å². The Labute approximate surface area is 131 Å². The first-order chi connectivity index (χ1) is 10.0. The molecule has 0 fully saturated rings. The van der Waals surface area contributed by atoms with Gasteiger partial charge < -0.3 is 10.2 Å². The number of nitrogens with zero attached hydrogens (tertiary/aromatic N) is 1. The highest BCUT2D eigenvalue weighted by molar-refractivity contribution is 6.30. The van der Waals surface area contributed by atoms with Crippen LogP contribution in [0.2, 0.25) is 5.02 Å². The third-order valence-electron chi connectivity index (χ3n) is 3.75. The molecular formula is C17H23ClN2O. The van der Waals surface area contributed by atoms with Crippen LogP contribution in [0.5, 0.6) is 0 Å². The SMILES string of the molecule is CCC(N)C(c1ccc(C)o1)N(C)Cc1ccc(Cl)cc1. The minimum Gasteiger partial charge on any atom is -0.465 e. The summed E-state index contributed by atoms with van der Waals surface area (Å²) >= 11 is 5.93. The van der Waals surface area contributed by atoms with Crippen molar-refractivity contribution in [1.29, 1.82) is 0 Å². The van der Waals surface area contributed by atoms with Gasteiger partial charge in [0.25, 0.3) is 0 Å². The molecule has 0 amide bonds. The normalized spacial score (nSPS) is 14.4. The first-order valence-electron chi connectivity index (χ1n) is 7.28. The molecule has 1 aromatic carbocycles. The molecule has 0 saturated carbocycles. The first kappa shape index (κ1) is 16.1. The van der Waals surface area contributed by atoms with Crippen molar-refractivity contribution in [3.05, 3.63) is 58.5 Å². The molecule has 2 N–H and O–H groups in total. The van der Waals surface area contributed by atoms with Crippen molar-refractivity contribution in [1.82, 2.24) is 4.90 Å². The van der Waals surface area contributed by atoms with Gasteiger partial charge in [0, 0.05) is 17.6 Å².